The number of aromatic amines is 1. The highest BCUT2D eigenvalue weighted by Crippen LogP contribution is 2.29. The van der Waals surface area contributed by atoms with E-state index in [4.69, 9.17) is 4.98 Å². The van der Waals surface area contributed by atoms with E-state index < -0.39 is 0 Å². The van der Waals surface area contributed by atoms with E-state index >= 15 is 0 Å². The van der Waals surface area contributed by atoms with Gasteiger partial charge in [0.2, 0.25) is 0 Å². The van der Waals surface area contributed by atoms with Crippen molar-refractivity contribution in [2.45, 2.75) is 19.5 Å². The second-order valence-electron chi connectivity index (χ2n) is 7.15. The highest BCUT2D eigenvalue weighted by Gasteiger charge is 2.22. The molecular weight excluding hydrogens is 380 g/mol. The van der Waals surface area contributed by atoms with Gasteiger partial charge in [-0.3, -0.25) is 14.7 Å². The Morgan fingerprint density at radius 2 is 1.90 bits per heavy atom. The van der Waals surface area contributed by atoms with E-state index in [0.717, 1.165) is 30.8 Å². The minimum atomic E-state index is -0.0437. The van der Waals surface area contributed by atoms with Gasteiger partial charge in [0.1, 0.15) is 5.69 Å². The Morgan fingerprint density at radius 3 is 2.72 bits per heavy atom. The molecule has 1 aliphatic heterocycles. The molecule has 0 saturated carbocycles. The predicted octanol–water partition coefficient (Wildman–Crippen LogP) is 4.12. The second-order valence-corrected chi connectivity index (χ2v) is 8.32. The van der Waals surface area contributed by atoms with Crippen LogP contribution in [0.1, 0.15) is 16.1 Å². The molecule has 0 fully saturated rings. The lowest BCUT2D eigenvalue weighted by atomic mass is 10.1. The van der Waals surface area contributed by atoms with Gasteiger partial charge in [0.25, 0.3) is 5.56 Å². The molecule has 1 N–H and O–H groups in total. The van der Waals surface area contributed by atoms with Gasteiger partial charge in [-0.25, -0.2) is 4.98 Å². The second kappa shape index (κ2) is 7.73. The minimum Gasteiger partial charge on any atom is -0.305 e. The normalized spacial score (nSPS) is 13.9. The van der Waals surface area contributed by atoms with Crippen molar-refractivity contribution in [3.8, 4) is 22.0 Å². The van der Waals surface area contributed by atoms with Crippen LogP contribution >= 0.6 is 11.3 Å². The van der Waals surface area contributed by atoms with Crippen LogP contribution in [-0.2, 0) is 19.5 Å². The molecule has 0 amide bonds. The lowest BCUT2D eigenvalue weighted by Crippen LogP contribution is -2.34. The van der Waals surface area contributed by atoms with Gasteiger partial charge < -0.3 is 4.98 Å². The average molecular weight is 401 g/mol. The minimum absolute atomic E-state index is 0.0437. The Hall–Kier alpha value is -3.09. The van der Waals surface area contributed by atoms with Crippen LogP contribution in [0.5, 0.6) is 0 Å². The van der Waals surface area contributed by atoms with Crippen LogP contribution in [0, 0.1) is 0 Å². The van der Waals surface area contributed by atoms with Gasteiger partial charge in [-0.05, 0) is 36.2 Å². The van der Waals surface area contributed by atoms with Gasteiger partial charge in [0, 0.05) is 41.1 Å². The van der Waals surface area contributed by atoms with Gasteiger partial charge in [-0.2, -0.15) is 0 Å². The first-order valence-electron chi connectivity index (χ1n) is 9.66. The number of pyridine rings is 1. The molecule has 0 bridgehead atoms. The number of fused-ring (bicyclic) bond motifs is 1. The fourth-order valence-electron chi connectivity index (χ4n) is 3.69. The van der Waals surface area contributed by atoms with Crippen molar-refractivity contribution in [1.82, 2.24) is 19.9 Å². The quantitative estimate of drug-likeness (QED) is 0.560. The Morgan fingerprint density at radius 1 is 1.03 bits per heavy atom. The van der Waals surface area contributed by atoms with Crippen LogP contribution in [0.2, 0.25) is 0 Å². The van der Waals surface area contributed by atoms with E-state index in [0.29, 0.717) is 18.1 Å². The van der Waals surface area contributed by atoms with Crippen molar-refractivity contribution in [2.24, 2.45) is 0 Å². The van der Waals surface area contributed by atoms with Crippen molar-refractivity contribution in [2.75, 3.05) is 6.54 Å². The van der Waals surface area contributed by atoms with E-state index in [9.17, 15) is 4.79 Å². The van der Waals surface area contributed by atoms with E-state index in [1.54, 1.807) is 6.20 Å². The molecule has 3 aromatic heterocycles. The molecule has 0 unspecified atom stereocenters. The lowest BCUT2D eigenvalue weighted by Gasteiger charge is -2.27. The van der Waals surface area contributed by atoms with Gasteiger partial charge in [0.05, 0.1) is 5.69 Å². The zero-order valence-corrected chi connectivity index (χ0v) is 16.7. The van der Waals surface area contributed by atoms with Crippen LogP contribution in [-0.4, -0.2) is 26.4 Å². The van der Waals surface area contributed by atoms with Crippen molar-refractivity contribution < 1.29 is 0 Å². The van der Waals surface area contributed by atoms with Crippen LogP contribution in [0.15, 0.2) is 71.7 Å². The summed E-state index contributed by atoms with van der Waals surface area (Å²) in [5.74, 6) is 0.540. The summed E-state index contributed by atoms with van der Waals surface area (Å²) in [7, 11) is 0. The largest absolute Gasteiger partial charge is 0.305 e. The summed E-state index contributed by atoms with van der Waals surface area (Å²) in [4.78, 5) is 29.4. The number of benzene rings is 1. The molecule has 4 heterocycles. The summed E-state index contributed by atoms with van der Waals surface area (Å²) in [6.07, 6.45) is 2.43. The Labute approximate surface area is 172 Å². The monoisotopic (exact) mass is 400 g/mol. The smallest absolute Gasteiger partial charge is 0.254 e. The number of hydrogen-bond donors (Lipinski definition) is 1. The maximum atomic E-state index is 12.5. The maximum Gasteiger partial charge on any atom is 0.254 e. The summed E-state index contributed by atoms with van der Waals surface area (Å²) in [5, 5.41) is 0. The van der Waals surface area contributed by atoms with Crippen molar-refractivity contribution in [1.29, 1.82) is 0 Å². The third-order valence-electron chi connectivity index (χ3n) is 5.16. The van der Waals surface area contributed by atoms with E-state index in [2.05, 4.69) is 51.3 Å². The standard InChI is InChI=1S/C23H20N4OS/c28-23-18-11-13-27(14-17-9-10-21(29-17)16-6-2-1-3-7-16)15-20(18)25-22(26-23)19-8-4-5-12-24-19/h1-10,12H,11,13-15H2,(H,25,26,28). The van der Waals surface area contributed by atoms with Gasteiger partial charge in [-0.15, -0.1) is 11.3 Å². The first-order valence-corrected chi connectivity index (χ1v) is 10.5. The zero-order chi connectivity index (χ0) is 19.6. The van der Waals surface area contributed by atoms with Gasteiger partial charge in [0.15, 0.2) is 5.82 Å². The summed E-state index contributed by atoms with van der Waals surface area (Å²) in [6, 6.07) is 20.5. The van der Waals surface area contributed by atoms with E-state index in [1.165, 1.54) is 15.3 Å². The van der Waals surface area contributed by atoms with E-state index in [1.807, 2.05) is 35.6 Å². The number of H-pyrrole nitrogens is 1. The molecule has 6 heteroatoms. The molecule has 0 radical (unpaired) electrons. The third kappa shape index (κ3) is 3.77. The van der Waals surface area contributed by atoms with Crippen LogP contribution in [0.3, 0.4) is 0 Å². The fourth-order valence-corrected chi connectivity index (χ4v) is 4.75. The van der Waals surface area contributed by atoms with Gasteiger partial charge in [-0.1, -0.05) is 36.4 Å². The molecule has 144 valence electrons. The number of thiophene rings is 1. The molecule has 0 saturated heterocycles. The molecule has 0 aliphatic carbocycles. The molecular formula is C23H20N4OS. The van der Waals surface area contributed by atoms with Crippen molar-refractivity contribution in [3.05, 3.63) is 93.3 Å². The number of hydrogen-bond acceptors (Lipinski definition) is 5. The highest BCUT2D eigenvalue weighted by molar-refractivity contribution is 7.15. The Balaban J connectivity index is 1.36. The number of aromatic nitrogens is 3. The molecule has 29 heavy (non-hydrogen) atoms. The molecule has 5 nitrogen and oxygen atoms in total. The number of nitrogens with zero attached hydrogens (tertiary/aromatic N) is 3. The van der Waals surface area contributed by atoms with Crippen LogP contribution in [0.4, 0.5) is 0 Å². The summed E-state index contributed by atoms with van der Waals surface area (Å²) in [5.41, 5.74) is 3.56. The van der Waals surface area contributed by atoms with Gasteiger partial charge >= 0.3 is 0 Å². The first-order chi connectivity index (χ1) is 14.3. The summed E-state index contributed by atoms with van der Waals surface area (Å²) in [6.45, 7) is 2.40. The zero-order valence-electron chi connectivity index (χ0n) is 15.8. The lowest BCUT2D eigenvalue weighted by molar-refractivity contribution is 0.242. The molecule has 1 aliphatic rings. The van der Waals surface area contributed by atoms with Crippen molar-refractivity contribution >= 4 is 11.3 Å². The summed E-state index contributed by atoms with van der Waals surface area (Å²) < 4.78 is 0. The SMILES string of the molecule is O=c1[nH]c(-c2ccccn2)nc2c1CCN(Cc1ccc(-c3ccccc3)s1)C2. The van der Waals surface area contributed by atoms with Crippen molar-refractivity contribution in [3.63, 3.8) is 0 Å². The van der Waals surface area contributed by atoms with Crippen LogP contribution < -0.4 is 5.56 Å². The summed E-state index contributed by atoms with van der Waals surface area (Å²) >= 11 is 1.82. The highest BCUT2D eigenvalue weighted by atomic mass is 32.1. The molecule has 0 spiro atoms. The average Bonchev–Trinajstić information content (AvgIpc) is 3.23. The van der Waals surface area contributed by atoms with E-state index in [-0.39, 0.29) is 5.56 Å². The molecule has 5 rings (SSSR count). The topological polar surface area (TPSA) is 61.9 Å². The third-order valence-corrected chi connectivity index (χ3v) is 6.28. The number of rotatable bonds is 4. The Kier molecular flexibility index (Phi) is 4.79. The molecule has 0 atom stereocenters. The Bertz CT molecular complexity index is 1180. The van der Waals surface area contributed by atoms with Crippen LogP contribution in [0.25, 0.3) is 22.0 Å². The first kappa shape index (κ1) is 18.0. The molecule has 4 aromatic rings. The maximum absolute atomic E-state index is 12.5. The number of nitrogens with one attached hydrogen (secondary N) is 1. The fraction of sp³-hybridized carbons (Fsp3) is 0.174. The predicted molar refractivity (Wildman–Crippen MR) is 116 cm³/mol. The molecule has 1 aromatic carbocycles.